The van der Waals surface area contributed by atoms with Crippen LogP contribution in [0.4, 0.5) is 0 Å². The fraction of sp³-hybridized carbons (Fsp3) is 1.00. The molecule has 88 valence electrons. The lowest BCUT2D eigenvalue weighted by molar-refractivity contribution is -0.0991. The van der Waals surface area contributed by atoms with Gasteiger partial charge in [0.25, 0.3) is 0 Å². The van der Waals surface area contributed by atoms with Crippen molar-refractivity contribution in [1.29, 1.82) is 0 Å². The van der Waals surface area contributed by atoms with E-state index in [9.17, 15) is 0 Å². The Bertz CT molecular complexity index is 236. The lowest BCUT2D eigenvalue weighted by atomic mass is 9.46. The summed E-state index contributed by atoms with van der Waals surface area (Å²) in [7, 11) is 0. The molecule has 3 rings (SSSR count). The number of rotatable bonds is 4. The average molecular weight is 209 g/mol. The second kappa shape index (κ2) is 3.48. The molecule has 1 heteroatoms. The highest BCUT2D eigenvalue weighted by atomic mass is 14.9. The molecule has 0 saturated heterocycles. The minimum Gasteiger partial charge on any atom is -0.325 e. The van der Waals surface area contributed by atoms with E-state index in [2.05, 4.69) is 27.7 Å². The van der Waals surface area contributed by atoms with Crippen molar-refractivity contribution in [3.05, 3.63) is 0 Å². The Balaban J connectivity index is 2.09. The first-order valence-corrected chi connectivity index (χ1v) is 6.79. The molecule has 2 bridgehead atoms. The van der Waals surface area contributed by atoms with E-state index in [0.29, 0.717) is 5.41 Å². The minimum absolute atomic E-state index is 0.195. The summed E-state index contributed by atoms with van der Waals surface area (Å²) in [5.41, 5.74) is 7.28. The molecule has 0 aromatic carbocycles. The standard InChI is InChI=1S/C14H27N/c1-5-6-7-10(2)13-8-9-14(15,11(13)3)12(13)4/h10-12H,5-9,15H2,1-4H3/t10-,11-,12+,13-,14?/m1/s1. The van der Waals surface area contributed by atoms with E-state index >= 15 is 0 Å². The smallest absolute Gasteiger partial charge is 0.0217 e. The zero-order valence-corrected chi connectivity index (χ0v) is 10.8. The van der Waals surface area contributed by atoms with Gasteiger partial charge < -0.3 is 5.73 Å². The third-order valence-corrected chi connectivity index (χ3v) is 6.12. The first kappa shape index (κ1) is 11.4. The van der Waals surface area contributed by atoms with Crippen molar-refractivity contribution < 1.29 is 0 Å². The van der Waals surface area contributed by atoms with Gasteiger partial charge in [-0.3, -0.25) is 0 Å². The number of fused-ring (bicyclic) bond motifs is 1. The quantitative estimate of drug-likeness (QED) is 0.752. The molecule has 0 heterocycles. The molecule has 0 aromatic rings. The Labute approximate surface area is 94.8 Å². The molecule has 0 spiro atoms. The van der Waals surface area contributed by atoms with E-state index in [1.807, 2.05) is 0 Å². The van der Waals surface area contributed by atoms with Gasteiger partial charge in [0.2, 0.25) is 0 Å². The van der Waals surface area contributed by atoms with Gasteiger partial charge >= 0.3 is 0 Å². The van der Waals surface area contributed by atoms with Crippen molar-refractivity contribution in [3.8, 4) is 0 Å². The normalized spacial score (nSPS) is 50.2. The molecule has 3 saturated carbocycles. The molecule has 0 radical (unpaired) electrons. The van der Waals surface area contributed by atoms with Crippen LogP contribution in [0.25, 0.3) is 0 Å². The maximum Gasteiger partial charge on any atom is 0.0217 e. The Hall–Kier alpha value is -0.0400. The molecule has 1 nitrogen and oxygen atoms in total. The molecular formula is C14H27N. The summed E-state index contributed by atoms with van der Waals surface area (Å²) in [6, 6.07) is 0. The molecular weight excluding hydrogens is 182 g/mol. The summed E-state index contributed by atoms with van der Waals surface area (Å²) in [4.78, 5) is 0. The molecule has 3 aliphatic carbocycles. The Morgan fingerprint density at radius 3 is 2.27 bits per heavy atom. The molecule has 0 aromatic heterocycles. The van der Waals surface area contributed by atoms with Gasteiger partial charge in [-0.1, -0.05) is 47.0 Å². The van der Waals surface area contributed by atoms with Crippen molar-refractivity contribution in [1.82, 2.24) is 0 Å². The summed E-state index contributed by atoms with van der Waals surface area (Å²) in [5, 5.41) is 0. The highest BCUT2D eigenvalue weighted by Gasteiger charge is 2.71. The number of hydrogen-bond acceptors (Lipinski definition) is 1. The molecule has 15 heavy (non-hydrogen) atoms. The largest absolute Gasteiger partial charge is 0.325 e. The molecule has 2 N–H and O–H groups in total. The maximum absolute atomic E-state index is 6.48. The van der Waals surface area contributed by atoms with Crippen LogP contribution in [0.2, 0.25) is 0 Å². The SMILES string of the molecule is CCCC[C@@H](C)[C@@]12CCC(N)([C@H]1C)[C@@H]2C. The first-order chi connectivity index (χ1) is 7.00. The topological polar surface area (TPSA) is 26.0 Å². The van der Waals surface area contributed by atoms with Gasteiger partial charge in [0.15, 0.2) is 0 Å². The highest BCUT2D eigenvalue weighted by molar-refractivity contribution is 5.24. The van der Waals surface area contributed by atoms with Gasteiger partial charge in [-0.05, 0) is 36.0 Å². The minimum atomic E-state index is 0.195. The van der Waals surface area contributed by atoms with Gasteiger partial charge in [0.1, 0.15) is 0 Å². The van der Waals surface area contributed by atoms with Crippen LogP contribution < -0.4 is 5.73 Å². The second-order valence-corrected chi connectivity index (χ2v) is 6.21. The lowest BCUT2D eigenvalue weighted by Gasteiger charge is -2.61. The second-order valence-electron chi connectivity index (χ2n) is 6.21. The van der Waals surface area contributed by atoms with Crippen LogP contribution in [-0.4, -0.2) is 5.54 Å². The van der Waals surface area contributed by atoms with Crippen LogP contribution >= 0.6 is 0 Å². The van der Waals surface area contributed by atoms with Crippen LogP contribution in [0.15, 0.2) is 0 Å². The van der Waals surface area contributed by atoms with Crippen LogP contribution in [-0.2, 0) is 0 Å². The van der Waals surface area contributed by atoms with Gasteiger partial charge in [0.05, 0.1) is 0 Å². The summed E-state index contributed by atoms with van der Waals surface area (Å²) in [6.45, 7) is 9.55. The molecule has 3 fully saturated rings. The van der Waals surface area contributed by atoms with Gasteiger partial charge in [0, 0.05) is 5.54 Å². The number of unbranched alkanes of at least 4 members (excludes halogenated alkanes) is 1. The summed E-state index contributed by atoms with van der Waals surface area (Å²) in [6.07, 6.45) is 6.78. The van der Waals surface area contributed by atoms with E-state index in [-0.39, 0.29) is 5.54 Å². The zero-order chi connectivity index (χ0) is 11.3. The van der Waals surface area contributed by atoms with E-state index in [1.54, 1.807) is 0 Å². The fourth-order valence-electron chi connectivity index (χ4n) is 4.83. The van der Waals surface area contributed by atoms with E-state index in [4.69, 9.17) is 5.73 Å². The Kier molecular flexibility index (Phi) is 2.65. The van der Waals surface area contributed by atoms with E-state index in [1.165, 1.54) is 32.1 Å². The fourth-order valence-corrected chi connectivity index (χ4v) is 4.83. The Morgan fingerprint density at radius 2 is 1.87 bits per heavy atom. The van der Waals surface area contributed by atoms with E-state index < -0.39 is 0 Å². The third-order valence-electron chi connectivity index (χ3n) is 6.12. The van der Waals surface area contributed by atoms with Crippen LogP contribution in [0.5, 0.6) is 0 Å². The van der Waals surface area contributed by atoms with Gasteiger partial charge in [-0.15, -0.1) is 0 Å². The summed E-state index contributed by atoms with van der Waals surface area (Å²) >= 11 is 0. The average Bonchev–Trinajstić information content (AvgIpc) is 2.67. The predicted octanol–water partition coefficient (Wildman–Crippen LogP) is 3.58. The predicted molar refractivity (Wildman–Crippen MR) is 65.6 cm³/mol. The Morgan fingerprint density at radius 1 is 1.27 bits per heavy atom. The van der Waals surface area contributed by atoms with Crippen molar-refractivity contribution >= 4 is 0 Å². The van der Waals surface area contributed by atoms with E-state index in [0.717, 1.165) is 17.8 Å². The zero-order valence-electron chi connectivity index (χ0n) is 10.8. The number of hydrogen-bond donors (Lipinski definition) is 1. The molecule has 3 aliphatic rings. The molecule has 0 amide bonds. The van der Waals surface area contributed by atoms with Crippen molar-refractivity contribution in [2.75, 3.05) is 0 Å². The molecule has 0 aliphatic heterocycles. The monoisotopic (exact) mass is 209 g/mol. The van der Waals surface area contributed by atoms with Gasteiger partial charge in [-0.2, -0.15) is 0 Å². The lowest BCUT2D eigenvalue weighted by Crippen LogP contribution is -2.67. The first-order valence-electron chi connectivity index (χ1n) is 6.79. The number of nitrogens with two attached hydrogens (primary N) is 1. The summed E-state index contributed by atoms with van der Waals surface area (Å²) < 4.78 is 0. The summed E-state index contributed by atoms with van der Waals surface area (Å²) in [5.74, 6) is 2.39. The molecule has 5 atom stereocenters. The van der Waals surface area contributed by atoms with Crippen LogP contribution in [0.3, 0.4) is 0 Å². The highest BCUT2D eigenvalue weighted by Crippen LogP contribution is 2.71. The third kappa shape index (κ3) is 1.19. The van der Waals surface area contributed by atoms with Gasteiger partial charge in [-0.25, -0.2) is 0 Å². The van der Waals surface area contributed by atoms with Crippen LogP contribution in [0, 0.1) is 23.2 Å². The van der Waals surface area contributed by atoms with Crippen molar-refractivity contribution in [2.45, 2.75) is 65.3 Å². The maximum atomic E-state index is 6.48. The van der Waals surface area contributed by atoms with Crippen molar-refractivity contribution in [2.24, 2.45) is 28.9 Å². The van der Waals surface area contributed by atoms with Crippen LogP contribution in [0.1, 0.15) is 59.8 Å². The molecule has 1 unspecified atom stereocenters. The van der Waals surface area contributed by atoms with Crippen molar-refractivity contribution in [3.63, 3.8) is 0 Å².